The van der Waals surface area contributed by atoms with Crippen LogP contribution in [0.3, 0.4) is 0 Å². The summed E-state index contributed by atoms with van der Waals surface area (Å²) in [5.74, 6) is -0.0779. The largest absolute Gasteiger partial charge is 0.338 e. The third-order valence-electron chi connectivity index (χ3n) is 2.77. The molecule has 0 atom stereocenters. The maximum atomic E-state index is 11.4. The van der Waals surface area contributed by atoms with Crippen molar-refractivity contribution in [3.8, 4) is 0 Å². The number of aromatic nitrogens is 2. The van der Waals surface area contributed by atoms with Gasteiger partial charge in [0.15, 0.2) is 0 Å². The Bertz CT molecular complexity index is 571. The number of carbonyl (C=O) groups is 1. The quantitative estimate of drug-likeness (QED) is 0.752. The Kier molecular flexibility index (Phi) is 2.95. The number of hydrogen-bond donors (Lipinski definition) is 0. The summed E-state index contributed by atoms with van der Waals surface area (Å²) in [6.07, 6.45) is 5.10. The van der Waals surface area contributed by atoms with Crippen molar-refractivity contribution in [2.45, 2.75) is 6.54 Å². The van der Waals surface area contributed by atoms with Gasteiger partial charge >= 0.3 is 0 Å². The average molecular weight is 229 g/mol. The Balaban J connectivity index is 2.36. The zero-order valence-corrected chi connectivity index (χ0v) is 10.1. The van der Waals surface area contributed by atoms with E-state index < -0.39 is 0 Å². The van der Waals surface area contributed by atoms with E-state index in [-0.39, 0.29) is 5.91 Å². The topological polar surface area (TPSA) is 38.1 Å². The van der Waals surface area contributed by atoms with Crippen molar-refractivity contribution in [2.75, 3.05) is 7.05 Å². The number of hydrogen-bond acceptors (Lipinski definition) is 2. The fourth-order valence-corrected chi connectivity index (χ4v) is 1.91. The summed E-state index contributed by atoms with van der Waals surface area (Å²) in [5, 5.41) is 1.08. The Morgan fingerprint density at radius 3 is 3.12 bits per heavy atom. The van der Waals surface area contributed by atoms with E-state index in [9.17, 15) is 4.79 Å². The molecule has 2 rings (SSSR count). The molecule has 0 aromatic carbocycles. The minimum Gasteiger partial charge on any atom is -0.338 e. The van der Waals surface area contributed by atoms with Gasteiger partial charge in [-0.25, -0.2) is 4.98 Å². The van der Waals surface area contributed by atoms with Crippen LogP contribution in [-0.2, 0) is 18.4 Å². The Hall–Kier alpha value is -2.10. The molecule has 0 aliphatic rings. The first-order valence-corrected chi connectivity index (χ1v) is 5.40. The van der Waals surface area contributed by atoms with Crippen LogP contribution in [0.15, 0.2) is 37.2 Å². The number of likely N-dealkylation sites (N-methyl/N-ethyl adjacent to an activating group) is 1. The van der Waals surface area contributed by atoms with E-state index in [2.05, 4.69) is 11.6 Å². The third-order valence-corrected chi connectivity index (χ3v) is 2.77. The molecule has 0 unspecified atom stereocenters. The molecule has 0 fully saturated rings. The summed E-state index contributed by atoms with van der Waals surface area (Å²) in [5.41, 5.74) is 2.02. The number of pyridine rings is 1. The minimum atomic E-state index is -0.0779. The molecule has 2 aromatic heterocycles. The van der Waals surface area contributed by atoms with Crippen molar-refractivity contribution in [1.82, 2.24) is 14.5 Å². The molecule has 4 nitrogen and oxygen atoms in total. The van der Waals surface area contributed by atoms with E-state index in [0.717, 1.165) is 16.6 Å². The fourth-order valence-electron chi connectivity index (χ4n) is 1.91. The van der Waals surface area contributed by atoms with E-state index in [1.165, 1.54) is 6.08 Å². The average Bonchev–Trinajstić information content (AvgIpc) is 2.66. The lowest BCUT2D eigenvalue weighted by molar-refractivity contribution is -0.125. The van der Waals surface area contributed by atoms with Crippen molar-refractivity contribution < 1.29 is 4.79 Å². The molecule has 0 saturated heterocycles. The number of amides is 1. The first-order chi connectivity index (χ1) is 8.13. The molecule has 0 aliphatic heterocycles. The molecular formula is C13H15N3O. The number of nitrogens with zero attached hydrogens (tertiary/aromatic N) is 3. The zero-order chi connectivity index (χ0) is 12.4. The van der Waals surface area contributed by atoms with Crippen LogP contribution in [0.4, 0.5) is 0 Å². The van der Waals surface area contributed by atoms with E-state index in [0.29, 0.717) is 6.54 Å². The summed E-state index contributed by atoms with van der Waals surface area (Å²) in [6, 6.07) is 3.92. The zero-order valence-electron chi connectivity index (χ0n) is 10.1. The fraction of sp³-hybridized carbons (Fsp3) is 0.231. The van der Waals surface area contributed by atoms with Crippen molar-refractivity contribution >= 4 is 16.9 Å². The van der Waals surface area contributed by atoms with Crippen LogP contribution in [0.1, 0.15) is 5.56 Å². The van der Waals surface area contributed by atoms with Crippen LogP contribution < -0.4 is 0 Å². The van der Waals surface area contributed by atoms with Gasteiger partial charge in [0, 0.05) is 38.4 Å². The standard InChI is InChI=1S/C13H15N3O/c1-4-12(17)15(2)8-10-9-16(3)13-11(10)6-5-7-14-13/h4-7,9H,1,8H2,2-3H3. The first kappa shape index (κ1) is 11.4. The van der Waals surface area contributed by atoms with Gasteiger partial charge in [-0.05, 0) is 23.8 Å². The highest BCUT2D eigenvalue weighted by Gasteiger charge is 2.11. The predicted octanol–water partition coefficient (Wildman–Crippen LogP) is 1.72. The molecular weight excluding hydrogens is 214 g/mol. The number of carbonyl (C=O) groups excluding carboxylic acids is 1. The molecule has 88 valence electrons. The van der Waals surface area contributed by atoms with E-state index in [1.54, 1.807) is 18.1 Å². The highest BCUT2D eigenvalue weighted by atomic mass is 16.2. The van der Waals surface area contributed by atoms with Gasteiger partial charge in [0.1, 0.15) is 5.65 Å². The molecule has 0 N–H and O–H groups in total. The predicted molar refractivity (Wildman–Crippen MR) is 67.4 cm³/mol. The van der Waals surface area contributed by atoms with Crippen molar-refractivity contribution in [1.29, 1.82) is 0 Å². The number of rotatable bonds is 3. The maximum Gasteiger partial charge on any atom is 0.245 e. The molecule has 0 saturated carbocycles. The summed E-state index contributed by atoms with van der Waals surface area (Å²) >= 11 is 0. The second-order valence-electron chi connectivity index (χ2n) is 4.04. The van der Waals surface area contributed by atoms with Crippen LogP contribution in [0.5, 0.6) is 0 Å². The lowest BCUT2D eigenvalue weighted by Crippen LogP contribution is -2.23. The van der Waals surface area contributed by atoms with Crippen LogP contribution in [0.25, 0.3) is 11.0 Å². The van der Waals surface area contributed by atoms with Gasteiger partial charge in [-0.15, -0.1) is 0 Å². The van der Waals surface area contributed by atoms with Gasteiger partial charge in [0.05, 0.1) is 0 Å². The molecule has 2 aromatic rings. The van der Waals surface area contributed by atoms with Crippen LogP contribution in [-0.4, -0.2) is 27.4 Å². The van der Waals surface area contributed by atoms with Gasteiger partial charge < -0.3 is 9.47 Å². The van der Waals surface area contributed by atoms with Gasteiger partial charge in [-0.3, -0.25) is 4.79 Å². The molecule has 17 heavy (non-hydrogen) atoms. The lowest BCUT2D eigenvalue weighted by Gasteiger charge is -2.13. The number of aryl methyl sites for hydroxylation is 1. The highest BCUT2D eigenvalue weighted by molar-refractivity contribution is 5.87. The normalized spacial score (nSPS) is 10.5. The van der Waals surface area contributed by atoms with E-state index in [1.807, 2.05) is 29.9 Å². The first-order valence-electron chi connectivity index (χ1n) is 5.40. The van der Waals surface area contributed by atoms with Gasteiger partial charge in [-0.2, -0.15) is 0 Å². The molecule has 0 aliphatic carbocycles. The van der Waals surface area contributed by atoms with Crippen molar-refractivity contribution in [3.05, 3.63) is 42.7 Å². The third kappa shape index (κ3) is 2.06. The van der Waals surface area contributed by atoms with Gasteiger partial charge in [0.2, 0.25) is 5.91 Å². The minimum absolute atomic E-state index is 0.0779. The van der Waals surface area contributed by atoms with E-state index in [4.69, 9.17) is 0 Å². The second-order valence-corrected chi connectivity index (χ2v) is 4.04. The second kappa shape index (κ2) is 4.41. The molecule has 4 heteroatoms. The molecule has 2 heterocycles. The summed E-state index contributed by atoms with van der Waals surface area (Å²) in [7, 11) is 3.72. The molecule has 0 bridgehead atoms. The Morgan fingerprint density at radius 2 is 2.41 bits per heavy atom. The van der Waals surface area contributed by atoms with E-state index >= 15 is 0 Å². The Labute approximate surface area is 100 Å². The lowest BCUT2D eigenvalue weighted by atomic mass is 10.2. The molecule has 0 radical (unpaired) electrons. The van der Waals surface area contributed by atoms with Gasteiger partial charge in [0.25, 0.3) is 0 Å². The summed E-state index contributed by atoms with van der Waals surface area (Å²) in [6.45, 7) is 4.05. The Morgan fingerprint density at radius 1 is 1.65 bits per heavy atom. The van der Waals surface area contributed by atoms with Crippen LogP contribution in [0, 0.1) is 0 Å². The highest BCUT2D eigenvalue weighted by Crippen LogP contribution is 2.19. The molecule has 1 amide bonds. The van der Waals surface area contributed by atoms with Crippen LogP contribution in [0.2, 0.25) is 0 Å². The van der Waals surface area contributed by atoms with Crippen molar-refractivity contribution in [3.63, 3.8) is 0 Å². The van der Waals surface area contributed by atoms with Crippen LogP contribution >= 0.6 is 0 Å². The van der Waals surface area contributed by atoms with Gasteiger partial charge in [-0.1, -0.05) is 6.58 Å². The SMILES string of the molecule is C=CC(=O)N(C)Cc1cn(C)c2ncccc12. The molecule has 0 spiro atoms. The summed E-state index contributed by atoms with van der Waals surface area (Å²) < 4.78 is 1.97. The number of fused-ring (bicyclic) bond motifs is 1. The smallest absolute Gasteiger partial charge is 0.245 e. The van der Waals surface area contributed by atoms with Crippen molar-refractivity contribution in [2.24, 2.45) is 7.05 Å². The monoisotopic (exact) mass is 229 g/mol. The summed E-state index contributed by atoms with van der Waals surface area (Å²) in [4.78, 5) is 17.4. The maximum absolute atomic E-state index is 11.4.